The lowest BCUT2D eigenvalue weighted by atomic mass is 10.1. The number of nitrogens with one attached hydrogen (secondary N) is 3. The maximum absolute atomic E-state index is 14.4. The number of sulfonamides is 1. The Hall–Kier alpha value is -3.28. The fourth-order valence-electron chi connectivity index (χ4n) is 2.72. The Bertz CT molecular complexity index is 1340. The average Bonchev–Trinajstić information content (AvgIpc) is 2.72. The van der Waals surface area contributed by atoms with Crippen LogP contribution in [0.1, 0.15) is 15.9 Å². The highest BCUT2D eigenvalue weighted by molar-refractivity contribution is 7.89. The Morgan fingerprint density at radius 3 is 2.48 bits per heavy atom. The van der Waals surface area contributed by atoms with Gasteiger partial charge in [0.2, 0.25) is 21.4 Å². The highest BCUT2D eigenvalue weighted by Crippen LogP contribution is 2.19. The van der Waals surface area contributed by atoms with E-state index in [4.69, 9.17) is 17.3 Å². The third-order valence-corrected chi connectivity index (χ3v) is 5.90. The van der Waals surface area contributed by atoms with Crippen molar-refractivity contribution in [3.05, 3.63) is 74.8 Å². The standard InChI is InChI=1S/C19H16ClFN4O5S/c20-11-3-1-10(2-4-11)7-24-19(28)14-8-23-17-13(18(14)27)5-12(6-15(17)21)31(29,30)25-9-16(22)26/h1-6,8,25H,7,9H2,(H2,22,26)(H,23,27)(H,24,28). The number of aromatic amines is 1. The van der Waals surface area contributed by atoms with Crippen molar-refractivity contribution >= 4 is 44.3 Å². The minimum atomic E-state index is -4.32. The van der Waals surface area contributed by atoms with Gasteiger partial charge in [0.05, 0.1) is 22.3 Å². The van der Waals surface area contributed by atoms with Crippen LogP contribution in [-0.4, -0.2) is 31.8 Å². The van der Waals surface area contributed by atoms with E-state index in [1.807, 2.05) is 4.72 Å². The van der Waals surface area contributed by atoms with Gasteiger partial charge in [-0.25, -0.2) is 17.5 Å². The smallest absolute Gasteiger partial charge is 0.257 e. The number of pyridine rings is 1. The summed E-state index contributed by atoms with van der Waals surface area (Å²) in [6, 6.07) is 8.27. The molecule has 3 rings (SSSR count). The first-order valence-corrected chi connectivity index (χ1v) is 10.6. The SMILES string of the molecule is NC(=O)CNS(=O)(=O)c1cc(F)c2[nH]cc(C(=O)NCc3ccc(Cl)cc3)c(=O)c2c1. The number of hydrogen-bond acceptors (Lipinski definition) is 5. The number of nitrogens with two attached hydrogens (primary N) is 1. The van der Waals surface area contributed by atoms with Gasteiger partial charge in [-0.05, 0) is 29.8 Å². The molecule has 0 aliphatic rings. The van der Waals surface area contributed by atoms with E-state index in [1.165, 1.54) is 0 Å². The first-order chi connectivity index (χ1) is 14.6. The molecular formula is C19H16ClFN4O5S. The van der Waals surface area contributed by atoms with Gasteiger partial charge in [-0.3, -0.25) is 14.4 Å². The number of amides is 2. The van der Waals surface area contributed by atoms with Crippen molar-refractivity contribution in [3.63, 3.8) is 0 Å². The minimum absolute atomic E-state index is 0.104. The van der Waals surface area contributed by atoms with Gasteiger partial charge in [-0.15, -0.1) is 0 Å². The third kappa shape index (κ3) is 5.08. The molecule has 0 saturated carbocycles. The summed E-state index contributed by atoms with van der Waals surface area (Å²) in [7, 11) is -4.32. The van der Waals surface area contributed by atoms with Crippen LogP contribution < -0.4 is 21.2 Å². The van der Waals surface area contributed by atoms with Gasteiger partial charge in [0, 0.05) is 17.8 Å². The average molecular weight is 467 g/mol. The molecule has 0 fully saturated rings. The van der Waals surface area contributed by atoms with E-state index in [0.717, 1.165) is 17.8 Å². The molecule has 9 nitrogen and oxygen atoms in total. The normalized spacial score (nSPS) is 11.4. The molecule has 0 radical (unpaired) electrons. The van der Waals surface area contributed by atoms with E-state index in [1.54, 1.807) is 24.3 Å². The molecule has 0 atom stereocenters. The molecule has 2 amide bonds. The first kappa shape index (κ1) is 22.4. The van der Waals surface area contributed by atoms with Crippen molar-refractivity contribution < 1.29 is 22.4 Å². The topological polar surface area (TPSA) is 151 Å². The summed E-state index contributed by atoms with van der Waals surface area (Å²) in [5, 5.41) is 2.73. The van der Waals surface area contributed by atoms with Gasteiger partial charge in [0.25, 0.3) is 5.91 Å². The zero-order valence-corrected chi connectivity index (χ0v) is 17.3. The predicted octanol–water partition coefficient (Wildman–Crippen LogP) is 1.01. The molecule has 1 aromatic heterocycles. The van der Waals surface area contributed by atoms with Gasteiger partial charge < -0.3 is 16.0 Å². The van der Waals surface area contributed by atoms with Crippen LogP contribution in [0, 0.1) is 5.82 Å². The second-order valence-corrected chi connectivity index (χ2v) is 8.66. The van der Waals surface area contributed by atoms with Crippen LogP contribution in [0.4, 0.5) is 4.39 Å². The van der Waals surface area contributed by atoms with Crippen molar-refractivity contribution in [2.45, 2.75) is 11.4 Å². The van der Waals surface area contributed by atoms with E-state index < -0.39 is 44.5 Å². The van der Waals surface area contributed by atoms with Crippen molar-refractivity contribution in [1.82, 2.24) is 15.0 Å². The zero-order valence-electron chi connectivity index (χ0n) is 15.7. The fourth-order valence-corrected chi connectivity index (χ4v) is 3.87. The second kappa shape index (κ2) is 8.84. The zero-order chi connectivity index (χ0) is 22.8. The Balaban J connectivity index is 1.94. The number of aromatic nitrogens is 1. The van der Waals surface area contributed by atoms with Gasteiger partial charge in [-0.2, -0.15) is 0 Å². The molecule has 0 aliphatic heterocycles. The molecule has 1 heterocycles. The fraction of sp³-hybridized carbons (Fsp3) is 0.105. The first-order valence-electron chi connectivity index (χ1n) is 8.74. The molecule has 2 aromatic carbocycles. The van der Waals surface area contributed by atoms with Crippen molar-refractivity contribution in [2.75, 3.05) is 6.54 Å². The number of benzene rings is 2. The van der Waals surface area contributed by atoms with Crippen LogP contribution in [0.2, 0.25) is 5.02 Å². The summed E-state index contributed by atoms with van der Waals surface area (Å²) in [5.74, 6) is -2.71. The number of rotatable bonds is 7. The summed E-state index contributed by atoms with van der Waals surface area (Å²) < 4.78 is 40.8. The van der Waals surface area contributed by atoms with Crippen molar-refractivity contribution in [2.24, 2.45) is 5.73 Å². The summed E-state index contributed by atoms with van der Waals surface area (Å²) in [6.45, 7) is -0.598. The molecule has 0 saturated heterocycles. The number of fused-ring (bicyclic) bond motifs is 1. The van der Waals surface area contributed by atoms with Crippen LogP contribution in [0.3, 0.4) is 0 Å². The molecule has 12 heteroatoms. The minimum Gasteiger partial charge on any atom is -0.369 e. The van der Waals surface area contributed by atoms with E-state index >= 15 is 0 Å². The molecule has 162 valence electrons. The summed E-state index contributed by atoms with van der Waals surface area (Å²) in [4.78, 5) is 38.0. The van der Waals surface area contributed by atoms with E-state index in [-0.39, 0.29) is 23.0 Å². The number of carbonyl (C=O) groups is 2. The van der Waals surface area contributed by atoms with Crippen LogP contribution in [-0.2, 0) is 21.4 Å². The molecule has 5 N–H and O–H groups in total. The Kier molecular flexibility index (Phi) is 6.39. The van der Waals surface area contributed by atoms with Crippen molar-refractivity contribution in [1.29, 1.82) is 0 Å². The maximum Gasteiger partial charge on any atom is 0.257 e. The lowest BCUT2D eigenvalue weighted by molar-refractivity contribution is -0.116. The summed E-state index contributed by atoms with van der Waals surface area (Å²) in [5.41, 5.74) is 4.17. The van der Waals surface area contributed by atoms with Crippen molar-refractivity contribution in [3.8, 4) is 0 Å². The van der Waals surface area contributed by atoms with Crippen LogP contribution in [0.15, 0.2) is 52.3 Å². The number of hydrogen-bond donors (Lipinski definition) is 4. The molecule has 3 aromatic rings. The molecule has 0 bridgehead atoms. The molecule has 31 heavy (non-hydrogen) atoms. The van der Waals surface area contributed by atoms with Gasteiger partial charge in [0.15, 0.2) is 0 Å². The largest absolute Gasteiger partial charge is 0.369 e. The van der Waals surface area contributed by atoms with Gasteiger partial charge in [-0.1, -0.05) is 23.7 Å². The lowest BCUT2D eigenvalue weighted by Crippen LogP contribution is -2.33. The Morgan fingerprint density at radius 1 is 1.16 bits per heavy atom. The number of halogens is 2. The molecule has 0 spiro atoms. The summed E-state index contributed by atoms with van der Waals surface area (Å²) in [6.07, 6.45) is 1.05. The molecular weight excluding hydrogens is 451 g/mol. The molecule has 0 unspecified atom stereocenters. The number of primary amides is 1. The predicted molar refractivity (Wildman–Crippen MR) is 112 cm³/mol. The second-order valence-electron chi connectivity index (χ2n) is 6.46. The third-order valence-electron chi connectivity index (χ3n) is 4.27. The Morgan fingerprint density at radius 2 is 1.84 bits per heavy atom. The van der Waals surface area contributed by atoms with Gasteiger partial charge in [0.1, 0.15) is 11.4 Å². The lowest BCUT2D eigenvalue weighted by Gasteiger charge is -2.09. The number of carbonyl (C=O) groups excluding carboxylic acids is 2. The highest BCUT2D eigenvalue weighted by atomic mass is 35.5. The quantitative estimate of drug-likeness (QED) is 0.409. The maximum atomic E-state index is 14.4. The number of H-pyrrole nitrogens is 1. The van der Waals surface area contributed by atoms with Gasteiger partial charge >= 0.3 is 0 Å². The monoisotopic (exact) mass is 466 g/mol. The Labute approximate surface area is 180 Å². The highest BCUT2D eigenvalue weighted by Gasteiger charge is 2.21. The van der Waals surface area contributed by atoms with E-state index in [2.05, 4.69) is 10.3 Å². The van der Waals surface area contributed by atoms with E-state index in [9.17, 15) is 27.2 Å². The van der Waals surface area contributed by atoms with Crippen LogP contribution in [0.5, 0.6) is 0 Å². The van der Waals surface area contributed by atoms with Crippen LogP contribution >= 0.6 is 11.6 Å². The summed E-state index contributed by atoms with van der Waals surface area (Å²) >= 11 is 5.81. The van der Waals surface area contributed by atoms with Crippen LogP contribution in [0.25, 0.3) is 10.9 Å². The molecule has 0 aliphatic carbocycles. The van der Waals surface area contributed by atoms with E-state index in [0.29, 0.717) is 11.1 Å².